The third kappa shape index (κ3) is 4.82. The Hall–Kier alpha value is -1.02. The number of morpholine rings is 1. The van der Waals surface area contributed by atoms with Crippen molar-refractivity contribution in [2.45, 2.75) is 19.1 Å². The van der Waals surface area contributed by atoms with Gasteiger partial charge in [0.05, 0.1) is 25.9 Å². The molecule has 0 unspecified atom stereocenters. The van der Waals surface area contributed by atoms with Gasteiger partial charge in [-0.2, -0.15) is 4.98 Å². The van der Waals surface area contributed by atoms with E-state index in [2.05, 4.69) is 34.0 Å². The van der Waals surface area contributed by atoms with E-state index in [0.717, 1.165) is 26.2 Å². The Morgan fingerprint density at radius 3 is 3.05 bits per heavy atom. The summed E-state index contributed by atoms with van der Waals surface area (Å²) >= 11 is 0. The lowest BCUT2D eigenvalue weighted by Gasteiger charge is -2.33. The van der Waals surface area contributed by atoms with Crippen molar-refractivity contribution in [1.29, 1.82) is 0 Å². The molecule has 114 valence electrons. The number of likely N-dealkylation sites (N-methyl/N-ethyl adjacent to an activating group) is 1. The van der Waals surface area contributed by atoms with E-state index >= 15 is 0 Å². The fourth-order valence-corrected chi connectivity index (χ4v) is 2.28. The molecule has 0 aromatic carbocycles. The molecule has 0 amide bonds. The van der Waals surface area contributed by atoms with Gasteiger partial charge in [0.25, 0.3) is 0 Å². The highest BCUT2D eigenvalue weighted by Crippen LogP contribution is 2.10. The molecule has 20 heavy (non-hydrogen) atoms. The molecule has 2 heterocycles. The number of hydrogen-bond acceptors (Lipinski definition) is 7. The molecular formula is C13H24N4O3. The van der Waals surface area contributed by atoms with Gasteiger partial charge in [-0.15, -0.1) is 0 Å². The lowest BCUT2D eigenvalue weighted by molar-refractivity contribution is -0.0430. The molecule has 0 aliphatic carbocycles. The average Bonchev–Trinajstić information content (AvgIpc) is 2.83. The van der Waals surface area contributed by atoms with Gasteiger partial charge in [0.15, 0.2) is 5.82 Å². The third-order valence-electron chi connectivity index (χ3n) is 3.19. The van der Waals surface area contributed by atoms with Crippen LogP contribution < -0.4 is 0 Å². The van der Waals surface area contributed by atoms with Crippen LogP contribution in [0.1, 0.15) is 11.7 Å². The topological polar surface area (TPSA) is 63.9 Å². The monoisotopic (exact) mass is 284 g/mol. The van der Waals surface area contributed by atoms with E-state index in [4.69, 9.17) is 14.0 Å². The van der Waals surface area contributed by atoms with E-state index in [-0.39, 0.29) is 6.10 Å². The van der Waals surface area contributed by atoms with Crippen molar-refractivity contribution in [1.82, 2.24) is 19.9 Å². The molecule has 0 spiro atoms. The maximum atomic E-state index is 5.75. The van der Waals surface area contributed by atoms with Gasteiger partial charge in [0.2, 0.25) is 5.89 Å². The van der Waals surface area contributed by atoms with Gasteiger partial charge >= 0.3 is 0 Å². The Morgan fingerprint density at radius 1 is 1.45 bits per heavy atom. The Balaban J connectivity index is 1.81. The third-order valence-corrected chi connectivity index (χ3v) is 3.19. The standard InChI is InChI=1S/C13H24N4O3/c1-16(2)8-11-9-17(5-7-19-11)10-13-14-12(15-20-13)4-6-18-3/h11H,4-10H2,1-3H3/t11-/m0/s1. The Bertz CT molecular complexity index is 397. The van der Waals surface area contributed by atoms with Gasteiger partial charge in [0, 0.05) is 33.2 Å². The van der Waals surface area contributed by atoms with Gasteiger partial charge in [-0.1, -0.05) is 5.16 Å². The smallest absolute Gasteiger partial charge is 0.240 e. The summed E-state index contributed by atoms with van der Waals surface area (Å²) in [6.45, 7) is 4.78. The van der Waals surface area contributed by atoms with Crippen molar-refractivity contribution < 1.29 is 14.0 Å². The second-order valence-corrected chi connectivity index (χ2v) is 5.34. The zero-order chi connectivity index (χ0) is 14.4. The van der Waals surface area contributed by atoms with Crippen LogP contribution in [0.5, 0.6) is 0 Å². The molecule has 0 N–H and O–H groups in total. The Morgan fingerprint density at radius 2 is 2.30 bits per heavy atom. The van der Waals surface area contributed by atoms with Crippen LogP contribution in [0.2, 0.25) is 0 Å². The van der Waals surface area contributed by atoms with Crippen molar-refractivity contribution in [3.63, 3.8) is 0 Å². The fraction of sp³-hybridized carbons (Fsp3) is 0.846. The molecule has 2 rings (SSSR count). The van der Waals surface area contributed by atoms with Crippen molar-refractivity contribution >= 4 is 0 Å². The first-order valence-corrected chi connectivity index (χ1v) is 6.96. The molecule has 1 aliphatic heterocycles. The van der Waals surface area contributed by atoms with Crippen LogP contribution in [-0.4, -0.2) is 80.1 Å². The van der Waals surface area contributed by atoms with Crippen LogP contribution in [0, 0.1) is 0 Å². The quantitative estimate of drug-likeness (QED) is 0.699. The van der Waals surface area contributed by atoms with Crippen molar-refractivity contribution in [3.05, 3.63) is 11.7 Å². The number of ether oxygens (including phenoxy) is 2. The van der Waals surface area contributed by atoms with Crippen molar-refractivity contribution in [3.8, 4) is 0 Å². The molecular weight excluding hydrogens is 260 g/mol. The summed E-state index contributed by atoms with van der Waals surface area (Å²) < 4.78 is 16.0. The summed E-state index contributed by atoms with van der Waals surface area (Å²) in [6, 6.07) is 0. The molecule has 1 aromatic heterocycles. The van der Waals surface area contributed by atoms with E-state index in [1.165, 1.54) is 0 Å². The lowest BCUT2D eigenvalue weighted by Crippen LogP contribution is -2.46. The van der Waals surface area contributed by atoms with Crippen LogP contribution in [0.15, 0.2) is 4.52 Å². The molecule has 1 aromatic rings. The fourth-order valence-electron chi connectivity index (χ4n) is 2.28. The minimum absolute atomic E-state index is 0.245. The van der Waals surface area contributed by atoms with Crippen LogP contribution in [0.3, 0.4) is 0 Å². The molecule has 0 bridgehead atoms. The SMILES string of the molecule is COCCc1noc(CN2CCO[C@@H](CN(C)C)C2)n1. The zero-order valence-corrected chi connectivity index (χ0v) is 12.5. The molecule has 1 atom stereocenters. The predicted octanol–water partition coefficient (Wildman–Crippen LogP) is 0.0209. The minimum Gasteiger partial charge on any atom is -0.384 e. The van der Waals surface area contributed by atoms with Gasteiger partial charge in [-0.05, 0) is 14.1 Å². The van der Waals surface area contributed by atoms with Crippen LogP contribution in [-0.2, 0) is 22.4 Å². The largest absolute Gasteiger partial charge is 0.384 e. The second kappa shape index (κ2) is 7.68. The van der Waals surface area contributed by atoms with Crippen molar-refractivity contribution in [2.24, 2.45) is 0 Å². The minimum atomic E-state index is 0.245. The first kappa shape index (κ1) is 15.4. The summed E-state index contributed by atoms with van der Waals surface area (Å²) in [6.07, 6.45) is 0.932. The highest BCUT2D eigenvalue weighted by Gasteiger charge is 2.22. The summed E-state index contributed by atoms with van der Waals surface area (Å²) in [5.41, 5.74) is 0. The molecule has 0 radical (unpaired) electrons. The molecule has 1 fully saturated rings. The number of nitrogens with zero attached hydrogens (tertiary/aromatic N) is 4. The summed E-state index contributed by atoms with van der Waals surface area (Å²) in [5.74, 6) is 1.38. The van der Waals surface area contributed by atoms with Crippen LogP contribution in [0.25, 0.3) is 0 Å². The average molecular weight is 284 g/mol. The molecule has 7 heteroatoms. The summed E-state index contributed by atoms with van der Waals surface area (Å²) in [4.78, 5) is 8.82. The Labute approximate surface area is 119 Å². The molecule has 1 aliphatic rings. The van der Waals surface area contributed by atoms with E-state index in [0.29, 0.717) is 31.3 Å². The lowest BCUT2D eigenvalue weighted by atomic mass is 10.2. The predicted molar refractivity (Wildman–Crippen MR) is 73.4 cm³/mol. The van der Waals surface area contributed by atoms with Gasteiger partial charge in [0.1, 0.15) is 0 Å². The molecule has 0 saturated carbocycles. The summed E-state index contributed by atoms with van der Waals surface area (Å²) in [7, 11) is 5.78. The van der Waals surface area contributed by atoms with Gasteiger partial charge in [-0.25, -0.2) is 0 Å². The van der Waals surface area contributed by atoms with Crippen LogP contribution >= 0.6 is 0 Å². The van der Waals surface area contributed by atoms with Crippen LogP contribution in [0.4, 0.5) is 0 Å². The van der Waals surface area contributed by atoms with E-state index in [1.807, 2.05) is 0 Å². The second-order valence-electron chi connectivity index (χ2n) is 5.34. The highest BCUT2D eigenvalue weighted by molar-refractivity contribution is 4.87. The number of hydrogen-bond donors (Lipinski definition) is 0. The molecule has 1 saturated heterocycles. The molecule has 7 nitrogen and oxygen atoms in total. The number of aromatic nitrogens is 2. The normalized spacial score (nSPS) is 20.7. The number of methoxy groups -OCH3 is 1. The van der Waals surface area contributed by atoms with E-state index < -0.39 is 0 Å². The Kier molecular flexibility index (Phi) is 5.90. The van der Waals surface area contributed by atoms with E-state index in [1.54, 1.807) is 7.11 Å². The van der Waals surface area contributed by atoms with Crippen molar-refractivity contribution in [2.75, 3.05) is 54.1 Å². The number of rotatable bonds is 7. The summed E-state index contributed by atoms with van der Waals surface area (Å²) in [5, 5.41) is 3.95. The first-order chi connectivity index (χ1) is 9.67. The van der Waals surface area contributed by atoms with E-state index in [9.17, 15) is 0 Å². The zero-order valence-electron chi connectivity index (χ0n) is 12.5. The maximum absolute atomic E-state index is 5.75. The first-order valence-electron chi connectivity index (χ1n) is 6.96. The van der Waals surface area contributed by atoms with Gasteiger partial charge < -0.3 is 18.9 Å². The maximum Gasteiger partial charge on any atom is 0.240 e. The highest BCUT2D eigenvalue weighted by atomic mass is 16.5. The van der Waals surface area contributed by atoms with Gasteiger partial charge in [-0.3, -0.25) is 4.90 Å².